The molecule has 0 aliphatic rings. The number of ether oxygens (including phenoxy) is 2. The second-order valence-corrected chi connectivity index (χ2v) is 6.84. The Hall–Kier alpha value is -1.71. The van der Waals surface area contributed by atoms with E-state index in [2.05, 4.69) is 50.2 Å². The van der Waals surface area contributed by atoms with Crippen LogP contribution >= 0.6 is 11.6 Å². The minimum atomic E-state index is 0.311. The third kappa shape index (κ3) is 4.90. The first-order chi connectivity index (χ1) is 12.0. The summed E-state index contributed by atoms with van der Waals surface area (Å²) in [5.41, 5.74) is 3.90. The number of hydrogen-bond donors (Lipinski definition) is 0. The zero-order valence-electron chi connectivity index (χ0n) is 15.8. The molecule has 0 spiro atoms. The van der Waals surface area contributed by atoms with Crippen LogP contribution in [0.15, 0.2) is 36.4 Å². The highest BCUT2D eigenvalue weighted by Crippen LogP contribution is 2.36. The lowest BCUT2D eigenvalue weighted by Crippen LogP contribution is -2.22. The summed E-state index contributed by atoms with van der Waals surface area (Å²) in [6, 6.07) is 12.7. The molecule has 0 aromatic heterocycles. The van der Waals surface area contributed by atoms with Crippen molar-refractivity contribution in [2.75, 3.05) is 28.3 Å². The quantitative estimate of drug-likeness (QED) is 0.648. The van der Waals surface area contributed by atoms with E-state index in [0.29, 0.717) is 6.04 Å². The Morgan fingerprint density at radius 2 is 1.60 bits per heavy atom. The minimum absolute atomic E-state index is 0.311. The lowest BCUT2D eigenvalue weighted by Gasteiger charge is -2.28. The van der Waals surface area contributed by atoms with Crippen molar-refractivity contribution < 1.29 is 9.47 Å². The summed E-state index contributed by atoms with van der Waals surface area (Å²) in [7, 11) is 7.62. The molecule has 0 aliphatic heterocycles. The van der Waals surface area contributed by atoms with Crippen LogP contribution in [0.3, 0.4) is 0 Å². The van der Waals surface area contributed by atoms with Crippen LogP contribution in [0.2, 0.25) is 5.02 Å². The Bertz CT molecular complexity index is 683. The van der Waals surface area contributed by atoms with Gasteiger partial charge in [0.15, 0.2) is 11.5 Å². The van der Waals surface area contributed by atoms with E-state index in [1.807, 2.05) is 12.1 Å². The standard InChI is InChI=1S/C21H28ClNO2/c1-6-16-13-20(24-4)21(25-5)14-18(16)19(23(2)3)12-9-15-7-10-17(22)11-8-15/h7-8,10-11,13-14,19H,6,9,12H2,1-5H3. The molecule has 25 heavy (non-hydrogen) atoms. The maximum Gasteiger partial charge on any atom is 0.161 e. The van der Waals surface area contributed by atoms with Crippen molar-refractivity contribution >= 4 is 11.6 Å². The van der Waals surface area contributed by atoms with Gasteiger partial charge in [0.25, 0.3) is 0 Å². The highest BCUT2D eigenvalue weighted by atomic mass is 35.5. The normalized spacial score (nSPS) is 12.3. The van der Waals surface area contributed by atoms with Crippen LogP contribution in [0.25, 0.3) is 0 Å². The number of halogens is 1. The molecule has 4 heteroatoms. The van der Waals surface area contributed by atoms with Crippen LogP contribution in [0.1, 0.15) is 36.1 Å². The topological polar surface area (TPSA) is 21.7 Å². The SMILES string of the molecule is CCc1cc(OC)c(OC)cc1C(CCc1ccc(Cl)cc1)N(C)C. The molecule has 2 rings (SSSR count). The molecule has 0 aliphatic carbocycles. The van der Waals surface area contributed by atoms with Crippen LogP contribution < -0.4 is 9.47 Å². The number of rotatable bonds is 8. The molecule has 136 valence electrons. The van der Waals surface area contributed by atoms with Gasteiger partial charge in [-0.15, -0.1) is 0 Å². The van der Waals surface area contributed by atoms with E-state index in [4.69, 9.17) is 21.1 Å². The molecule has 3 nitrogen and oxygen atoms in total. The van der Waals surface area contributed by atoms with Gasteiger partial charge in [0.1, 0.15) is 0 Å². The molecule has 2 aromatic rings. The van der Waals surface area contributed by atoms with Crippen LogP contribution in [-0.4, -0.2) is 33.2 Å². The van der Waals surface area contributed by atoms with Gasteiger partial charge < -0.3 is 14.4 Å². The minimum Gasteiger partial charge on any atom is -0.493 e. The molecule has 1 unspecified atom stereocenters. The lowest BCUT2D eigenvalue weighted by molar-refractivity contribution is 0.280. The second kappa shape index (κ2) is 9.12. The van der Waals surface area contributed by atoms with Crippen LogP contribution in [0.4, 0.5) is 0 Å². The van der Waals surface area contributed by atoms with Crippen molar-refractivity contribution in [1.29, 1.82) is 0 Å². The van der Waals surface area contributed by atoms with E-state index >= 15 is 0 Å². The van der Waals surface area contributed by atoms with Crippen molar-refractivity contribution in [1.82, 2.24) is 4.90 Å². The first-order valence-electron chi connectivity index (χ1n) is 8.65. The first-order valence-corrected chi connectivity index (χ1v) is 9.03. The van der Waals surface area contributed by atoms with Gasteiger partial charge in [-0.25, -0.2) is 0 Å². The van der Waals surface area contributed by atoms with Gasteiger partial charge in [0.05, 0.1) is 14.2 Å². The average Bonchev–Trinajstić information content (AvgIpc) is 2.62. The molecule has 0 heterocycles. The van der Waals surface area contributed by atoms with Gasteiger partial charge in [0.2, 0.25) is 0 Å². The Kier molecular flexibility index (Phi) is 7.15. The summed E-state index contributed by atoms with van der Waals surface area (Å²) in [5, 5.41) is 0.779. The average molecular weight is 362 g/mol. The van der Waals surface area contributed by atoms with Gasteiger partial charge in [0, 0.05) is 11.1 Å². The van der Waals surface area contributed by atoms with Crippen LogP contribution in [0.5, 0.6) is 11.5 Å². The molecule has 0 amide bonds. The van der Waals surface area contributed by atoms with Crippen LogP contribution in [-0.2, 0) is 12.8 Å². The molecule has 0 fully saturated rings. The third-order valence-electron chi connectivity index (χ3n) is 4.63. The Morgan fingerprint density at radius 3 is 2.12 bits per heavy atom. The first kappa shape index (κ1) is 19.6. The van der Waals surface area contributed by atoms with Crippen molar-refractivity contribution in [3.05, 3.63) is 58.1 Å². The van der Waals surface area contributed by atoms with Gasteiger partial charge in [-0.05, 0) is 74.3 Å². The Morgan fingerprint density at radius 1 is 1.00 bits per heavy atom. The number of hydrogen-bond acceptors (Lipinski definition) is 3. The van der Waals surface area contributed by atoms with Gasteiger partial charge in [-0.1, -0.05) is 30.7 Å². The molecule has 2 aromatic carbocycles. The van der Waals surface area contributed by atoms with Gasteiger partial charge in [-0.2, -0.15) is 0 Å². The zero-order chi connectivity index (χ0) is 18.4. The Labute approximate surface area is 156 Å². The molecular formula is C21H28ClNO2. The van der Waals surface area contributed by atoms with E-state index in [9.17, 15) is 0 Å². The monoisotopic (exact) mass is 361 g/mol. The van der Waals surface area contributed by atoms with E-state index in [1.165, 1.54) is 16.7 Å². The number of aryl methyl sites for hydroxylation is 2. The zero-order valence-corrected chi connectivity index (χ0v) is 16.6. The van der Waals surface area contributed by atoms with E-state index < -0.39 is 0 Å². The third-order valence-corrected chi connectivity index (χ3v) is 4.88. The number of nitrogens with zero attached hydrogens (tertiary/aromatic N) is 1. The predicted octanol–water partition coefficient (Wildman–Crippen LogP) is 5.16. The maximum absolute atomic E-state index is 5.99. The van der Waals surface area contributed by atoms with Crippen molar-refractivity contribution in [3.8, 4) is 11.5 Å². The van der Waals surface area contributed by atoms with Gasteiger partial charge in [-0.3, -0.25) is 0 Å². The summed E-state index contributed by atoms with van der Waals surface area (Å²) in [5.74, 6) is 1.58. The van der Waals surface area contributed by atoms with E-state index in [-0.39, 0.29) is 0 Å². The molecule has 0 saturated heterocycles. The highest BCUT2D eigenvalue weighted by Gasteiger charge is 2.20. The number of methoxy groups -OCH3 is 2. The Balaban J connectivity index is 2.30. The molecule has 0 radical (unpaired) electrons. The summed E-state index contributed by atoms with van der Waals surface area (Å²) in [6.45, 7) is 2.18. The molecule has 1 atom stereocenters. The van der Waals surface area contributed by atoms with Crippen molar-refractivity contribution in [2.24, 2.45) is 0 Å². The molecule has 0 bridgehead atoms. The highest BCUT2D eigenvalue weighted by molar-refractivity contribution is 6.30. The summed E-state index contributed by atoms with van der Waals surface area (Å²) >= 11 is 5.99. The van der Waals surface area contributed by atoms with Crippen molar-refractivity contribution in [2.45, 2.75) is 32.2 Å². The summed E-state index contributed by atoms with van der Waals surface area (Å²) in [4.78, 5) is 2.27. The molecule has 0 N–H and O–H groups in total. The summed E-state index contributed by atoms with van der Waals surface area (Å²) in [6.07, 6.45) is 2.98. The fourth-order valence-electron chi connectivity index (χ4n) is 3.20. The fourth-order valence-corrected chi connectivity index (χ4v) is 3.33. The largest absolute Gasteiger partial charge is 0.493 e. The van der Waals surface area contributed by atoms with Crippen molar-refractivity contribution in [3.63, 3.8) is 0 Å². The van der Waals surface area contributed by atoms with Gasteiger partial charge >= 0.3 is 0 Å². The maximum atomic E-state index is 5.99. The molecular weight excluding hydrogens is 334 g/mol. The van der Waals surface area contributed by atoms with Crippen LogP contribution in [0, 0.1) is 0 Å². The summed E-state index contributed by atoms with van der Waals surface area (Å²) < 4.78 is 11.0. The molecule has 0 saturated carbocycles. The van der Waals surface area contributed by atoms with E-state index in [1.54, 1.807) is 14.2 Å². The number of benzene rings is 2. The smallest absolute Gasteiger partial charge is 0.161 e. The predicted molar refractivity (Wildman–Crippen MR) is 105 cm³/mol. The lowest BCUT2D eigenvalue weighted by atomic mass is 9.92. The fraction of sp³-hybridized carbons (Fsp3) is 0.429. The van der Waals surface area contributed by atoms with E-state index in [0.717, 1.165) is 35.8 Å². The second-order valence-electron chi connectivity index (χ2n) is 6.40.